The highest BCUT2D eigenvalue weighted by atomic mass is 15.1. The van der Waals surface area contributed by atoms with Gasteiger partial charge in [0.2, 0.25) is 0 Å². The Morgan fingerprint density at radius 1 is 1.22 bits per heavy atom. The van der Waals surface area contributed by atoms with Crippen molar-refractivity contribution in [1.82, 2.24) is 19.5 Å². The molecule has 0 fully saturated rings. The van der Waals surface area contributed by atoms with E-state index in [2.05, 4.69) is 21.5 Å². The van der Waals surface area contributed by atoms with Crippen LogP contribution in [0.15, 0.2) is 43.5 Å². The van der Waals surface area contributed by atoms with Crippen LogP contribution < -0.4 is 5.49 Å². The highest BCUT2D eigenvalue weighted by Crippen LogP contribution is 2.13. The van der Waals surface area contributed by atoms with Crippen LogP contribution in [0.3, 0.4) is 0 Å². The van der Waals surface area contributed by atoms with Crippen LogP contribution in [0.25, 0.3) is 22.9 Å². The summed E-state index contributed by atoms with van der Waals surface area (Å²) in [7, 11) is 0. The third kappa shape index (κ3) is 1.53. The number of rotatable bonds is 2. The molecule has 5 nitrogen and oxygen atoms in total. The number of fused-ring (bicyclic) bond motifs is 1. The van der Waals surface area contributed by atoms with Crippen LogP contribution in [-0.4, -0.2) is 19.5 Å². The van der Waals surface area contributed by atoms with Gasteiger partial charge < -0.3 is 4.98 Å². The van der Waals surface area contributed by atoms with Crippen LogP contribution in [0.2, 0.25) is 0 Å². The number of nitrogens with one attached hydrogen (secondary N) is 2. The lowest BCUT2D eigenvalue weighted by molar-refractivity contribution is 0.970. The molecule has 0 aliphatic heterocycles. The third-order valence-corrected chi connectivity index (χ3v) is 2.79. The number of benzene rings is 1. The molecule has 0 unspecified atom stereocenters. The molecule has 0 aliphatic rings. The van der Waals surface area contributed by atoms with E-state index in [4.69, 9.17) is 5.41 Å². The topological polar surface area (TPSA) is 70.3 Å². The molecule has 1 aromatic carbocycles. The van der Waals surface area contributed by atoms with Crippen molar-refractivity contribution >= 4 is 17.2 Å². The van der Waals surface area contributed by atoms with Crippen LogP contribution in [0.5, 0.6) is 0 Å². The number of aromatic nitrogens is 4. The van der Waals surface area contributed by atoms with Crippen molar-refractivity contribution < 1.29 is 0 Å². The molecule has 0 amide bonds. The average Bonchev–Trinajstić information content (AvgIpc) is 2.90. The van der Waals surface area contributed by atoms with Crippen molar-refractivity contribution in [1.29, 1.82) is 5.41 Å². The van der Waals surface area contributed by atoms with Gasteiger partial charge >= 0.3 is 0 Å². The molecular weight excluding hydrogens is 226 g/mol. The van der Waals surface area contributed by atoms with Gasteiger partial charge in [-0.2, -0.15) is 0 Å². The predicted molar refractivity (Wildman–Crippen MR) is 69.2 cm³/mol. The summed E-state index contributed by atoms with van der Waals surface area (Å²) in [5, 5.41) is 7.69. The Kier molecular flexibility index (Phi) is 2.30. The van der Waals surface area contributed by atoms with Crippen molar-refractivity contribution in [3.8, 4) is 5.69 Å². The fourth-order valence-electron chi connectivity index (χ4n) is 1.84. The highest BCUT2D eigenvalue weighted by Gasteiger charge is 2.05. The van der Waals surface area contributed by atoms with Gasteiger partial charge in [0.05, 0.1) is 6.33 Å². The number of aromatic amines is 1. The van der Waals surface area contributed by atoms with Gasteiger partial charge in [-0.05, 0) is 17.7 Å². The van der Waals surface area contributed by atoms with Crippen molar-refractivity contribution in [2.45, 2.75) is 0 Å². The summed E-state index contributed by atoms with van der Waals surface area (Å²) in [5.74, 6) is 0. The number of hydrogen-bond donors (Lipinski definition) is 2. The first kappa shape index (κ1) is 10.5. The molecule has 18 heavy (non-hydrogen) atoms. The smallest absolute Gasteiger partial charge is 0.173 e. The minimum absolute atomic E-state index is 0.196. The highest BCUT2D eigenvalue weighted by molar-refractivity contribution is 5.70. The van der Waals surface area contributed by atoms with Gasteiger partial charge in [0.15, 0.2) is 11.1 Å². The molecular formula is C13H11N5. The molecule has 5 heteroatoms. The van der Waals surface area contributed by atoms with E-state index < -0.39 is 0 Å². The molecule has 0 aliphatic carbocycles. The maximum absolute atomic E-state index is 7.69. The quantitative estimate of drug-likeness (QED) is 0.714. The van der Waals surface area contributed by atoms with Gasteiger partial charge in [-0.25, -0.2) is 9.97 Å². The van der Waals surface area contributed by atoms with E-state index in [1.54, 1.807) is 18.7 Å². The summed E-state index contributed by atoms with van der Waals surface area (Å²) in [6.45, 7) is 3.73. The first-order valence-electron chi connectivity index (χ1n) is 5.48. The van der Waals surface area contributed by atoms with Crippen molar-refractivity contribution in [2.75, 3.05) is 0 Å². The molecule has 0 saturated heterocycles. The van der Waals surface area contributed by atoms with Crippen molar-refractivity contribution in [2.24, 2.45) is 0 Å². The zero-order valence-corrected chi connectivity index (χ0v) is 9.59. The summed E-state index contributed by atoms with van der Waals surface area (Å²) in [4.78, 5) is 11.2. The van der Waals surface area contributed by atoms with Gasteiger partial charge in [0, 0.05) is 5.69 Å². The Morgan fingerprint density at radius 3 is 2.72 bits per heavy atom. The summed E-state index contributed by atoms with van der Waals surface area (Å²) in [6, 6.07) is 7.89. The van der Waals surface area contributed by atoms with E-state index >= 15 is 0 Å². The Hall–Kier alpha value is -2.69. The first-order valence-corrected chi connectivity index (χ1v) is 5.48. The summed E-state index contributed by atoms with van der Waals surface area (Å²) in [6.07, 6.45) is 4.97. The lowest BCUT2D eigenvalue weighted by Crippen LogP contribution is -2.11. The third-order valence-electron chi connectivity index (χ3n) is 2.79. The van der Waals surface area contributed by atoms with E-state index in [9.17, 15) is 0 Å². The summed E-state index contributed by atoms with van der Waals surface area (Å²) >= 11 is 0. The van der Waals surface area contributed by atoms with Crippen LogP contribution in [0.4, 0.5) is 0 Å². The molecule has 0 radical (unpaired) electrons. The van der Waals surface area contributed by atoms with Gasteiger partial charge in [0.25, 0.3) is 0 Å². The van der Waals surface area contributed by atoms with Crippen LogP contribution >= 0.6 is 0 Å². The second-order valence-electron chi connectivity index (χ2n) is 3.86. The number of H-pyrrole nitrogens is 1. The molecule has 2 aromatic heterocycles. The maximum Gasteiger partial charge on any atom is 0.173 e. The Bertz CT molecular complexity index is 764. The predicted octanol–water partition coefficient (Wildman–Crippen LogP) is 1.87. The fourth-order valence-corrected chi connectivity index (χ4v) is 1.84. The Morgan fingerprint density at radius 2 is 2.00 bits per heavy atom. The Labute approximate surface area is 103 Å². The second-order valence-corrected chi connectivity index (χ2v) is 3.86. The standard InChI is InChI=1S/C13H11N5/c1-2-9-3-5-10(6-4-9)18-8-17-12(14)11-13(18)16-7-15-11/h2-8,14H,1H2,(H,15,16). The van der Waals surface area contributed by atoms with Gasteiger partial charge in [-0.15, -0.1) is 0 Å². The zero-order valence-electron chi connectivity index (χ0n) is 9.59. The van der Waals surface area contributed by atoms with E-state index in [1.807, 2.05) is 28.8 Å². The van der Waals surface area contributed by atoms with Crippen molar-refractivity contribution in [3.63, 3.8) is 0 Å². The molecule has 2 heterocycles. The maximum atomic E-state index is 7.69. The lowest BCUT2D eigenvalue weighted by Gasteiger charge is -2.07. The SMILES string of the molecule is C=Cc1ccc(-n2cnc(=N)c3[nH]cnc32)cc1. The number of hydrogen-bond acceptors (Lipinski definition) is 3. The van der Waals surface area contributed by atoms with E-state index in [0.717, 1.165) is 11.3 Å². The van der Waals surface area contributed by atoms with Gasteiger partial charge in [0.1, 0.15) is 11.8 Å². The lowest BCUT2D eigenvalue weighted by atomic mass is 10.2. The fraction of sp³-hybridized carbons (Fsp3) is 0. The monoisotopic (exact) mass is 237 g/mol. The molecule has 88 valence electrons. The number of imidazole rings is 1. The summed E-state index contributed by atoms with van der Waals surface area (Å²) < 4.78 is 1.84. The minimum atomic E-state index is 0.196. The second kappa shape index (κ2) is 3.96. The molecule has 3 aromatic rings. The van der Waals surface area contributed by atoms with E-state index in [0.29, 0.717) is 11.2 Å². The van der Waals surface area contributed by atoms with E-state index in [1.165, 1.54) is 0 Å². The van der Waals surface area contributed by atoms with Gasteiger partial charge in [-0.3, -0.25) is 9.98 Å². The van der Waals surface area contributed by atoms with E-state index in [-0.39, 0.29) is 5.49 Å². The molecule has 0 bridgehead atoms. The molecule has 0 atom stereocenters. The van der Waals surface area contributed by atoms with Crippen LogP contribution in [-0.2, 0) is 0 Å². The normalized spacial score (nSPS) is 10.7. The Balaban J connectivity index is 2.24. The molecule has 3 rings (SSSR count). The van der Waals surface area contributed by atoms with Crippen LogP contribution in [0.1, 0.15) is 5.56 Å². The zero-order chi connectivity index (χ0) is 12.5. The molecule has 2 N–H and O–H groups in total. The first-order chi connectivity index (χ1) is 8.79. The van der Waals surface area contributed by atoms with Crippen LogP contribution in [0, 0.1) is 5.41 Å². The van der Waals surface area contributed by atoms with Gasteiger partial charge in [-0.1, -0.05) is 24.8 Å². The average molecular weight is 237 g/mol. The number of nitrogens with zero attached hydrogens (tertiary/aromatic N) is 3. The largest absolute Gasteiger partial charge is 0.340 e. The van der Waals surface area contributed by atoms with Crippen molar-refractivity contribution in [3.05, 3.63) is 54.6 Å². The molecule has 0 saturated carbocycles. The minimum Gasteiger partial charge on any atom is -0.340 e. The molecule has 0 spiro atoms. The summed E-state index contributed by atoms with van der Waals surface area (Å²) in [5.41, 5.74) is 3.53.